The molecule has 0 radical (unpaired) electrons. The summed E-state index contributed by atoms with van der Waals surface area (Å²) in [5.74, 6) is 0.582. The molecule has 0 aliphatic carbocycles. The van der Waals surface area contributed by atoms with Crippen LogP contribution in [0.25, 0.3) is 0 Å². The van der Waals surface area contributed by atoms with Crippen LogP contribution in [0.4, 0.5) is 0 Å². The Kier molecular flexibility index (Phi) is 11.4. The van der Waals surface area contributed by atoms with E-state index in [4.69, 9.17) is 0 Å². The van der Waals surface area contributed by atoms with Gasteiger partial charge in [0.05, 0.1) is 19.0 Å². The molecular weight excluding hydrogens is 483 g/mol. The molecule has 3 N–H and O–H groups in total. The lowest BCUT2D eigenvalue weighted by molar-refractivity contribution is 0.0672. The van der Waals surface area contributed by atoms with E-state index in [2.05, 4.69) is 20.7 Å². The van der Waals surface area contributed by atoms with E-state index >= 15 is 0 Å². The van der Waals surface area contributed by atoms with Crippen molar-refractivity contribution in [3.63, 3.8) is 0 Å². The van der Waals surface area contributed by atoms with Gasteiger partial charge in [-0.3, -0.25) is 4.68 Å². The van der Waals surface area contributed by atoms with E-state index in [9.17, 15) is 13.5 Å². The quantitative estimate of drug-likeness (QED) is 0.181. The molecular formula is C16H33IN6O3S. The molecule has 1 aromatic heterocycles. The summed E-state index contributed by atoms with van der Waals surface area (Å²) in [4.78, 5) is 4.43. The summed E-state index contributed by atoms with van der Waals surface area (Å²) < 4.78 is 26.2. The van der Waals surface area contributed by atoms with Crippen molar-refractivity contribution in [3.05, 3.63) is 18.0 Å². The Hall–Kier alpha value is -0.920. The summed E-state index contributed by atoms with van der Waals surface area (Å²) in [6.07, 6.45) is 5.26. The van der Waals surface area contributed by atoms with Gasteiger partial charge in [-0.2, -0.15) is 5.10 Å². The van der Waals surface area contributed by atoms with Crippen LogP contribution in [0.2, 0.25) is 0 Å². The third-order valence-electron chi connectivity index (χ3n) is 3.91. The number of nitrogens with one attached hydrogen (secondary N) is 2. The van der Waals surface area contributed by atoms with Crippen LogP contribution in [0.3, 0.4) is 0 Å². The third-order valence-corrected chi connectivity index (χ3v) is 5.29. The standard InChI is InChI=1S/C16H32N6O3S.HI/c1-6-17-15(18-9-8-10-22(7-2)26(5,24)25)19-13-16(3,23)14-11-20-21(4)12-14;/h11-12,23H,6-10,13H2,1-5H3,(H2,17,18,19);1H. The molecule has 1 unspecified atom stereocenters. The highest BCUT2D eigenvalue weighted by Crippen LogP contribution is 2.19. The van der Waals surface area contributed by atoms with Crippen molar-refractivity contribution in [1.29, 1.82) is 0 Å². The number of guanidine groups is 1. The normalized spacial score (nSPS) is 14.6. The summed E-state index contributed by atoms with van der Waals surface area (Å²) >= 11 is 0. The zero-order chi connectivity index (χ0) is 19.8. The van der Waals surface area contributed by atoms with Gasteiger partial charge in [-0.1, -0.05) is 6.92 Å². The van der Waals surface area contributed by atoms with Gasteiger partial charge in [0.2, 0.25) is 10.0 Å². The van der Waals surface area contributed by atoms with Gasteiger partial charge >= 0.3 is 0 Å². The fourth-order valence-electron chi connectivity index (χ4n) is 2.39. The van der Waals surface area contributed by atoms with Crippen LogP contribution in [-0.2, 0) is 22.7 Å². The Morgan fingerprint density at radius 2 is 2.07 bits per heavy atom. The summed E-state index contributed by atoms with van der Waals surface area (Å²) in [5.41, 5.74) is -0.419. The first kappa shape index (κ1) is 26.1. The molecule has 0 saturated carbocycles. The van der Waals surface area contributed by atoms with Crippen LogP contribution in [0.15, 0.2) is 17.4 Å². The lowest BCUT2D eigenvalue weighted by Crippen LogP contribution is -2.40. The molecule has 1 heterocycles. The number of aliphatic imine (C=N–C) groups is 1. The molecule has 0 amide bonds. The average Bonchev–Trinajstić information content (AvgIpc) is 2.98. The number of halogens is 1. The Labute approximate surface area is 179 Å². The van der Waals surface area contributed by atoms with Gasteiger partial charge in [-0.25, -0.2) is 17.7 Å². The van der Waals surface area contributed by atoms with E-state index in [0.717, 1.165) is 0 Å². The first-order chi connectivity index (χ1) is 12.1. The Balaban J connectivity index is 0.00000676. The molecule has 0 spiro atoms. The number of hydrogen-bond donors (Lipinski definition) is 3. The molecule has 0 aliphatic heterocycles. The van der Waals surface area contributed by atoms with Crippen molar-refractivity contribution in [2.75, 3.05) is 39.0 Å². The monoisotopic (exact) mass is 516 g/mol. The highest BCUT2D eigenvalue weighted by atomic mass is 127. The van der Waals surface area contributed by atoms with Crippen molar-refractivity contribution >= 4 is 40.0 Å². The minimum absolute atomic E-state index is 0. The molecule has 0 aliphatic rings. The van der Waals surface area contributed by atoms with E-state index in [0.29, 0.717) is 44.1 Å². The smallest absolute Gasteiger partial charge is 0.211 e. The van der Waals surface area contributed by atoms with Crippen molar-refractivity contribution in [1.82, 2.24) is 24.7 Å². The topological polar surface area (TPSA) is 112 Å². The second-order valence-corrected chi connectivity index (χ2v) is 8.39. The number of hydrogen-bond acceptors (Lipinski definition) is 5. The van der Waals surface area contributed by atoms with Crippen molar-refractivity contribution in [3.8, 4) is 0 Å². The first-order valence-electron chi connectivity index (χ1n) is 8.79. The van der Waals surface area contributed by atoms with Gasteiger partial charge in [0, 0.05) is 45.0 Å². The van der Waals surface area contributed by atoms with Gasteiger partial charge in [-0.15, -0.1) is 24.0 Å². The molecule has 11 heteroatoms. The number of aryl methyl sites for hydroxylation is 1. The van der Waals surface area contributed by atoms with Crippen LogP contribution in [-0.4, -0.2) is 72.5 Å². The molecule has 9 nitrogen and oxygen atoms in total. The molecule has 0 bridgehead atoms. The number of aromatic nitrogens is 2. The zero-order valence-electron chi connectivity index (χ0n) is 16.8. The van der Waals surface area contributed by atoms with Crippen molar-refractivity contribution in [2.24, 2.45) is 12.0 Å². The maximum Gasteiger partial charge on any atom is 0.211 e. The second kappa shape index (κ2) is 11.8. The Morgan fingerprint density at radius 3 is 2.56 bits per heavy atom. The second-order valence-electron chi connectivity index (χ2n) is 6.41. The van der Waals surface area contributed by atoms with Crippen LogP contribution < -0.4 is 10.6 Å². The number of aliphatic hydroxyl groups is 1. The maximum atomic E-state index is 11.6. The number of sulfonamides is 1. The van der Waals surface area contributed by atoms with Gasteiger partial charge in [0.15, 0.2) is 5.96 Å². The zero-order valence-corrected chi connectivity index (χ0v) is 19.9. The van der Waals surface area contributed by atoms with Gasteiger partial charge in [0.1, 0.15) is 5.60 Å². The van der Waals surface area contributed by atoms with Gasteiger partial charge < -0.3 is 15.7 Å². The van der Waals surface area contributed by atoms with Crippen molar-refractivity contribution < 1.29 is 13.5 Å². The Morgan fingerprint density at radius 1 is 1.41 bits per heavy atom. The fraction of sp³-hybridized carbons (Fsp3) is 0.750. The molecule has 0 fully saturated rings. The highest BCUT2D eigenvalue weighted by Gasteiger charge is 2.24. The predicted octanol–water partition coefficient (Wildman–Crippen LogP) is 0.472. The summed E-state index contributed by atoms with van der Waals surface area (Å²) in [6.45, 7) is 7.83. The molecule has 27 heavy (non-hydrogen) atoms. The molecule has 0 aromatic carbocycles. The van der Waals surface area contributed by atoms with E-state index in [1.165, 1.54) is 10.6 Å². The fourth-order valence-corrected chi connectivity index (χ4v) is 3.32. The van der Waals surface area contributed by atoms with Crippen molar-refractivity contribution in [2.45, 2.75) is 32.8 Å². The number of nitrogens with zero attached hydrogens (tertiary/aromatic N) is 4. The van der Waals surface area contributed by atoms with Crippen LogP contribution in [0, 0.1) is 0 Å². The van der Waals surface area contributed by atoms with Gasteiger partial charge in [0.25, 0.3) is 0 Å². The maximum absolute atomic E-state index is 11.6. The van der Waals surface area contributed by atoms with E-state index in [1.807, 2.05) is 13.8 Å². The van der Waals surface area contributed by atoms with Crippen LogP contribution >= 0.6 is 24.0 Å². The molecule has 1 aromatic rings. The van der Waals surface area contributed by atoms with E-state index in [1.54, 1.807) is 31.0 Å². The molecule has 1 rings (SSSR count). The SMILES string of the molecule is CCNC(=NCC(C)(O)c1cnn(C)c1)NCCCN(CC)S(C)(=O)=O.I. The summed E-state index contributed by atoms with van der Waals surface area (Å²) in [5, 5.41) is 21.0. The predicted molar refractivity (Wildman–Crippen MR) is 119 cm³/mol. The lowest BCUT2D eigenvalue weighted by Gasteiger charge is -2.21. The molecule has 1 atom stereocenters. The largest absolute Gasteiger partial charge is 0.383 e. The number of rotatable bonds is 10. The minimum atomic E-state index is -3.17. The van der Waals surface area contributed by atoms with Crippen LogP contribution in [0.1, 0.15) is 32.8 Å². The molecule has 0 saturated heterocycles. The third kappa shape index (κ3) is 9.21. The lowest BCUT2D eigenvalue weighted by atomic mass is 10.0. The Bertz CT molecular complexity index is 690. The van der Waals surface area contributed by atoms with E-state index < -0.39 is 15.6 Å². The average molecular weight is 516 g/mol. The van der Waals surface area contributed by atoms with Gasteiger partial charge in [-0.05, 0) is 20.3 Å². The first-order valence-corrected chi connectivity index (χ1v) is 10.6. The van der Waals surface area contributed by atoms with E-state index in [-0.39, 0.29) is 30.5 Å². The summed E-state index contributed by atoms with van der Waals surface area (Å²) in [7, 11) is -1.37. The minimum Gasteiger partial charge on any atom is -0.383 e. The van der Waals surface area contributed by atoms with Crippen LogP contribution in [0.5, 0.6) is 0 Å². The highest BCUT2D eigenvalue weighted by molar-refractivity contribution is 14.0. The molecule has 158 valence electrons. The summed E-state index contributed by atoms with van der Waals surface area (Å²) in [6, 6.07) is 0.